The fourth-order valence-corrected chi connectivity index (χ4v) is 3.29. The third-order valence-electron chi connectivity index (χ3n) is 4.36. The molecule has 0 aliphatic carbocycles. The van der Waals surface area contributed by atoms with Crippen molar-refractivity contribution >= 4 is 34.4 Å². The van der Waals surface area contributed by atoms with E-state index < -0.39 is 11.4 Å². The molecule has 1 atom stereocenters. The fourth-order valence-electron chi connectivity index (χ4n) is 3.00. The number of nitrogens with zero attached hydrogens (tertiary/aromatic N) is 1. The monoisotopic (exact) mass is 320 g/mol. The molecular weight excluding hydrogens is 304 g/mol. The highest BCUT2D eigenvalue weighted by molar-refractivity contribution is 6.38. The summed E-state index contributed by atoms with van der Waals surface area (Å²) in [6.45, 7) is 2.43. The Morgan fingerprint density at radius 2 is 2.09 bits per heavy atom. The number of amides is 1. The summed E-state index contributed by atoms with van der Waals surface area (Å²) in [4.78, 5) is 28.8. The molecule has 1 amide bonds. The largest absolute Gasteiger partial charge is 0.481 e. The third kappa shape index (κ3) is 2.35. The molecule has 3 rings (SSSR count). The number of rotatable bonds is 2. The van der Waals surface area contributed by atoms with Gasteiger partial charge in [-0.05, 0) is 25.8 Å². The van der Waals surface area contributed by atoms with E-state index in [1.54, 1.807) is 11.8 Å². The normalized spacial score (nSPS) is 22.0. The molecule has 2 heterocycles. The van der Waals surface area contributed by atoms with E-state index >= 15 is 0 Å². The van der Waals surface area contributed by atoms with Crippen LogP contribution < -0.4 is 0 Å². The van der Waals surface area contributed by atoms with Crippen LogP contribution in [0.5, 0.6) is 0 Å². The summed E-state index contributed by atoms with van der Waals surface area (Å²) < 4.78 is 0. The minimum absolute atomic E-state index is 0.201. The van der Waals surface area contributed by atoms with Crippen LogP contribution in [0.3, 0.4) is 0 Å². The Kier molecular flexibility index (Phi) is 3.60. The molecule has 1 aromatic carbocycles. The van der Waals surface area contributed by atoms with E-state index in [1.165, 1.54) is 0 Å². The molecule has 2 N–H and O–H groups in total. The molecule has 1 aliphatic heterocycles. The van der Waals surface area contributed by atoms with E-state index in [4.69, 9.17) is 11.6 Å². The van der Waals surface area contributed by atoms with Gasteiger partial charge in [0.15, 0.2) is 0 Å². The maximum Gasteiger partial charge on any atom is 0.311 e. The van der Waals surface area contributed by atoms with Gasteiger partial charge in [0.2, 0.25) is 0 Å². The number of para-hydroxylation sites is 1. The summed E-state index contributed by atoms with van der Waals surface area (Å²) in [5.74, 6) is -1.11. The van der Waals surface area contributed by atoms with E-state index in [0.717, 1.165) is 10.9 Å². The second-order valence-electron chi connectivity index (χ2n) is 6.06. The van der Waals surface area contributed by atoms with Crippen molar-refractivity contribution in [1.82, 2.24) is 9.88 Å². The number of carboxylic acids is 1. The first-order valence-corrected chi connectivity index (χ1v) is 7.59. The van der Waals surface area contributed by atoms with Gasteiger partial charge >= 0.3 is 5.97 Å². The summed E-state index contributed by atoms with van der Waals surface area (Å²) in [5, 5.41) is 10.6. The molecule has 1 fully saturated rings. The number of nitrogens with one attached hydrogen (secondary N) is 1. The zero-order valence-corrected chi connectivity index (χ0v) is 13.0. The number of aromatic nitrogens is 1. The summed E-state index contributed by atoms with van der Waals surface area (Å²) in [6, 6.07) is 7.43. The number of H-pyrrole nitrogens is 1. The van der Waals surface area contributed by atoms with E-state index in [0.29, 0.717) is 30.1 Å². The number of carbonyl (C=O) groups is 2. The molecule has 0 bridgehead atoms. The van der Waals surface area contributed by atoms with Crippen LogP contribution in [0.25, 0.3) is 10.9 Å². The summed E-state index contributed by atoms with van der Waals surface area (Å²) in [5.41, 5.74) is 0.234. The predicted octanol–water partition coefficient (Wildman–Crippen LogP) is 3.15. The molecule has 5 nitrogen and oxygen atoms in total. The van der Waals surface area contributed by atoms with Gasteiger partial charge in [0, 0.05) is 24.0 Å². The van der Waals surface area contributed by atoms with Crippen LogP contribution in [0.15, 0.2) is 24.3 Å². The Labute approximate surface area is 132 Å². The minimum Gasteiger partial charge on any atom is -0.481 e. The molecule has 0 saturated carbocycles. The van der Waals surface area contributed by atoms with Crippen molar-refractivity contribution in [2.45, 2.75) is 19.8 Å². The summed E-state index contributed by atoms with van der Waals surface area (Å²) in [6.07, 6.45) is 1.25. The van der Waals surface area contributed by atoms with Crippen molar-refractivity contribution in [2.24, 2.45) is 5.41 Å². The van der Waals surface area contributed by atoms with E-state index in [2.05, 4.69) is 4.98 Å². The molecule has 116 valence electrons. The second kappa shape index (κ2) is 5.32. The Hall–Kier alpha value is -2.01. The number of aliphatic carboxylic acids is 1. The highest BCUT2D eigenvalue weighted by Gasteiger charge is 2.40. The van der Waals surface area contributed by atoms with Crippen molar-refractivity contribution in [1.29, 1.82) is 0 Å². The van der Waals surface area contributed by atoms with Crippen LogP contribution in [0.2, 0.25) is 5.02 Å². The lowest BCUT2D eigenvalue weighted by atomic mass is 9.82. The number of fused-ring (bicyclic) bond motifs is 1. The van der Waals surface area contributed by atoms with Crippen molar-refractivity contribution in [3.8, 4) is 0 Å². The van der Waals surface area contributed by atoms with Crippen LogP contribution in [0, 0.1) is 5.41 Å². The lowest BCUT2D eigenvalue weighted by Crippen LogP contribution is -2.48. The topological polar surface area (TPSA) is 73.4 Å². The lowest BCUT2D eigenvalue weighted by molar-refractivity contribution is -0.150. The van der Waals surface area contributed by atoms with Crippen LogP contribution in [-0.4, -0.2) is 40.0 Å². The van der Waals surface area contributed by atoms with Crippen LogP contribution in [-0.2, 0) is 4.79 Å². The van der Waals surface area contributed by atoms with Gasteiger partial charge < -0.3 is 15.0 Å². The number of carbonyl (C=O) groups excluding carboxylic acids is 1. The number of piperidine rings is 1. The number of hydrogen-bond acceptors (Lipinski definition) is 2. The minimum atomic E-state index is -0.896. The average Bonchev–Trinajstić information content (AvgIpc) is 2.84. The fraction of sp³-hybridized carbons (Fsp3) is 0.375. The Bertz CT molecular complexity index is 755. The molecule has 1 saturated heterocycles. The zero-order chi connectivity index (χ0) is 15.9. The van der Waals surface area contributed by atoms with E-state index in [9.17, 15) is 14.7 Å². The maximum atomic E-state index is 12.7. The first kappa shape index (κ1) is 14.9. The number of likely N-dealkylation sites (tertiary alicyclic amines) is 1. The Morgan fingerprint density at radius 1 is 1.36 bits per heavy atom. The van der Waals surface area contributed by atoms with Gasteiger partial charge in [0.05, 0.1) is 10.4 Å². The van der Waals surface area contributed by atoms with Gasteiger partial charge in [-0.1, -0.05) is 29.8 Å². The van der Waals surface area contributed by atoms with Gasteiger partial charge in [0.25, 0.3) is 5.91 Å². The molecule has 0 spiro atoms. The Morgan fingerprint density at radius 3 is 2.77 bits per heavy atom. The van der Waals surface area contributed by atoms with Gasteiger partial charge in [-0.3, -0.25) is 9.59 Å². The molecular formula is C16H17ClN2O3. The smallest absolute Gasteiger partial charge is 0.311 e. The zero-order valence-electron chi connectivity index (χ0n) is 12.2. The van der Waals surface area contributed by atoms with Gasteiger partial charge in [-0.2, -0.15) is 0 Å². The lowest BCUT2D eigenvalue weighted by Gasteiger charge is -2.37. The summed E-state index contributed by atoms with van der Waals surface area (Å²) in [7, 11) is 0. The predicted molar refractivity (Wildman–Crippen MR) is 84.2 cm³/mol. The average molecular weight is 321 g/mol. The van der Waals surface area contributed by atoms with Crippen molar-refractivity contribution in [3.05, 3.63) is 35.0 Å². The molecule has 1 unspecified atom stereocenters. The van der Waals surface area contributed by atoms with Crippen LogP contribution in [0.1, 0.15) is 30.3 Å². The second-order valence-corrected chi connectivity index (χ2v) is 6.43. The quantitative estimate of drug-likeness (QED) is 0.892. The standard InChI is InChI=1S/C16H17ClN2O3/c1-16(15(21)22)7-4-8-19(9-16)14(20)13-12(17)10-5-2-3-6-11(10)18-13/h2-3,5-6,18H,4,7-9H2,1H3,(H,21,22). The number of benzene rings is 1. The first-order valence-electron chi connectivity index (χ1n) is 7.21. The van der Waals surface area contributed by atoms with Gasteiger partial charge in [0.1, 0.15) is 5.69 Å². The molecule has 6 heteroatoms. The van der Waals surface area contributed by atoms with Crippen molar-refractivity contribution in [2.75, 3.05) is 13.1 Å². The van der Waals surface area contributed by atoms with Gasteiger partial charge in [-0.15, -0.1) is 0 Å². The molecule has 22 heavy (non-hydrogen) atoms. The van der Waals surface area contributed by atoms with Crippen molar-refractivity contribution in [3.63, 3.8) is 0 Å². The van der Waals surface area contributed by atoms with Crippen LogP contribution in [0.4, 0.5) is 0 Å². The number of halogens is 1. The molecule has 0 radical (unpaired) electrons. The van der Waals surface area contributed by atoms with Gasteiger partial charge in [-0.25, -0.2) is 0 Å². The summed E-state index contributed by atoms with van der Waals surface area (Å²) >= 11 is 6.31. The molecule has 1 aromatic heterocycles. The number of aromatic amines is 1. The number of carboxylic acid groups (broad SMARTS) is 1. The van der Waals surface area contributed by atoms with Crippen LogP contribution >= 0.6 is 11.6 Å². The third-order valence-corrected chi connectivity index (χ3v) is 4.75. The van der Waals surface area contributed by atoms with E-state index in [1.807, 2.05) is 24.3 Å². The SMILES string of the molecule is CC1(C(=O)O)CCCN(C(=O)c2[nH]c3ccccc3c2Cl)C1. The van der Waals surface area contributed by atoms with Crippen molar-refractivity contribution < 1.29 is 14.7 Å². The molecule has 2 aromatic rings. The Balaban J connectivity index is 1.92. The van der Waals surface area contributed by atoms with E-state index in [-0.39, 0.29) is 12.5 Å². The first-order chi connectivity index (χ1) is 10.4. The highest BCUT2D eigenvalue weighted by Crippen LogP contribution is 2.33. The maximum absolute atomic E-state index is 12.7. The highest BCUT2D eigenvalue weighted by atomic mass is 35.5. The number of hydrogen-bond donors (Lipinski definition) is 2. The molecule has 1 aliphatic rings.